The Hall–Kier alpha value is -2.85. The van der Waals surface area contributed by atoms with E-state index in [0.29, 0.717) is 0 Å². The zero-order valence-electron chi connectivity index (χ0n) is 17.0. The molecule has 4 aromatic rings. The highest BCUT2D eigenvalue weighted by Gasteiger charge is 2.16. The van der Waals surface area contributed by atoms with Crippen molar-refractivity contribution in [2.75, 3.05) is 0 Å². The lowest BCUT2D eigenvalue weighted by Crippen LogP contribution is -2.10. The maximum atomic E-state index is 4.52. The molecule has 29 heavy (non-hydrogen) atoms. The van der Waals surface area contributed by atoms with Gasteiger partial charge in [0.25, 0.3) is 0 Å². The van der Waals surface area contributed by atoms with Crippen LogP contribution in [0, 0.1) is 0 Å². The van der Waals surface area contributed by atoms with Crippen molar-refractivity contribution in [1.29, 1.82) is 0 Å². The molecule has 1 heterocycles. The molecule has 0 aliphatic heterocycles. The first kappa shape index (κ1) is 19.5. The minimum Gasteiger partial charge on any atom is -0.270 e. The fraction of sp³-hybridized carbons (Fsp3) is 0.200. The Bertz CT molecular complexity index is 1060. The SMILES string of the molecule is CC(C)(C)c1ccc(CSc2nnc(-c3ccccc3)n2-c2ccccc2)cc1. The fourth-order valence-corrected chi connectivity index (χ4v) is 4.10. The lowest BCUT2D eigenvalue weighted by atomic mass is 9.87. The minimum absolute atomic E-state index is 0.170. The van der Waals surface area contributed by atoms with Gasteiger partial charge in [-0.1, -0.05) is 105 Å². The number of hydrogen-bond donors (Lipinski definition) is 0. The molecule has 0 atom stereocenters. The summed E-state index contributed by atoms with van der Waals surface area (Å²) < 4.78 is 2.14. The van der Waals surface area contributed by atoms with Gasteiger partial charge < -0.3 is 0 Å². The van der Waals surface area contributed by atoms with Crippen LogP contribution in [-0.4, -0.2) is 14.8 Å². The van der Waals surface area contributed by atoms with E-state index in [9.17, 15) is 0 Å². The highest BCUT2D eigenvalue weighted by Crippen LogP contribution is 2.30. The van der Waals surface area contributed by atoms with E-state index >= 15 is 0 Å². The Kier molecular flexibility index (Phi) is 5.54. The number of hydrogen-bond acceptors (Lipinski definition) is 3. The van der Waals surface area contributed by atoms with Crippen molar-refractivity contribution in [3.63, 3.8) is 0 Å². The van der Waals surface area contributed by atoms with Gasteiger partial charge >= 0.3 is 0 Å². The Morgan fingerprint density at radius 1 is 0.759 bits per heavy atom. The zero-order chi connectivity index (χ0) is 20.3. The molecule has 1 aromatic heterocycles. The molecular formula is C25H25N3S. The van der Waals surface area contributed by atoms with Crippen molar-refractivity contribution in [1.82, 2.24) is 14.8 Å². The van der Waals surface area contributed by atoms with Crippen LogP contribution < -0.4 is 0 Å². The maximum Gasteiger partial charge on any atom is 0.196 e. The van der Waals surface area contributed by atoms with Crippen LogP contribution in [0.4, 0.5) is 0 Å². The summed E-state index contributed by atoms with van der Waals surface area (Å²) in [6, 6.07) is 29.4. The van der Waals surface area contributed by atoms with Crippen molar-refractivity contribution in [2.45, 2.75) is 37.1 Å². The monoisotopic (exact) mass is 399 g/mol. The maximum absolute atomic E-state index is 4.52. The van der Waals surface area contributed by atoms with Crippen molar-refractivity contribution >= 4 is 11.8 Å². The van der Waals surface area contributed by atoms with Gasteiger partial charge in [0.15, 0.2) is 11.0 Å². The molecule has 0 aliphatic rings. The van der Waals surface area contributed by atoms with Gasteiger partial charge in [-0.25, -0.2) is 0 Å². The third kappa shape index (κ3) is 4.43. The second kappa shape index (κ2) is 8.26. The summed E-state index contributed by atoms with van der Waals surface area (Å²) in [5.41, 5.74) is 4.94. The third-order valence-electron chi connectivity index (χ3n) is 4.87. The van der Waals surface area contributed by atoms with Crippen LogP contribution in [0.3, 0.4) is 0 Å². The first-order valence-corrected chi connectivity index (χ1v) is 10.8. The van der Waals surface area contributed by atoms with E-state index in [1.165, 1.54) is 11.1 Å². The van der Waals surface area contributed by atoms with Crippen LogP contribution in [0.2, 0.25) is 0 Å². The molecule has 0 saturated heterocycles. The molecule has 3 aromatic carbocycles. The van der Waals surface area contributed by atoms with Crippen LogP contribution in [0.15, 0.2) is 90.1 Å². The number of rotatable bonds is 5. The summed E-state index contributed by atoms with van der Waals surface area (Å²) in [6.45, 7) is 6.72. The van der Waals surface area contributed by atoms with E-state index in [-0.39, 0.29) is 5.41 Å². The highest BCUT2D eigenvalue weighted by molar-refractivity contribution is 7.98. The molecule has 0 aliphatic carbocycles. The van der Waals surface area contributed by atoms with Crippen molar-refractivity contribution in [2.24, 2.45) is 0 Å². The van der Waals surface area contributed by atoms with Crippen molar-refractivity contribution in [3.8, 4) is 17.1 Å². The third-order valence-corrected chi connectivity index (χ3v) is 5.87. The van der Waals surface area contributed by atoms with Crippen LogP contribution in [0.25, 0.3) is 17.1 Å². The highest BCUT2D eigenvalue weighted by atomic mass is 32.2. The van der Waals surface area contributed by atoms with Crippen LogP contribution in [0.5, 0.6) is 0 Å². The Morgan fingerprint density at radius 3 is 2.00 bits per heavy atom. The van der Waals surface area contributed by atoms with Crippen LogP contribution in [-0.2, 0) is 11.2 Å². The van der Waals surface area contributed by atoms with E-state index < -0.39 is 0 Å². The summed E-state index contributed by atoms with van der Waals surface area (Å²) in [6.07, 6.45) is 0. The van der Waals surface area contributed by atoms with Gasteiger partial charge in [0, 0.05) is 17.0 Å². The van der Waals surface area contributed by atoms with Crippen LogP contribution in [0.1, 0.15) is 31.9 Å². The molecule has 0 amide bonds. The molecule has 0 bridgehead atoms. The van der Waals surface area contributed by atoms with E-state index in [1.807, 2.05) is 36.4 Å². The summed E-state index contributed by atoms with van der Waals surface area (Å²) in [7, 11) is 0. The quantitative estimate of drug-likeness (QED) is 0.358. The number of nitrogens with zero attached hydrogens (tertiary/aromatic N) is 3. The lowest BCUT2D eigenvalue weighted by molar-refractivity contribution is 0.590. The lowest BCUT2D eigenvalue weighted by Gasteiger charge is -2.19. The molecule has 0 unspecified atom stereocenters. The van der Waals surface area contributed by atoms with Gasteiger partial charge in [-0.15, -0.1) is 10.2 Å². The number of para-hydroxylation sites is 1. The fourth-order valence-electron chi connectivity index (χ4n) is 3.20. The number of benzene rings is 3. The molecule has 0 saturated carbocycles. The van der Waals surface area contributed by atoms with Gasteiger partial charge in [0.1, 0.15) is 0 Å². The second-order valence-electron chi connectivity index (χ2n) is 8.08. The molecule has 0 spiro atoms. The average molecular weight is 400 g/mol. The molecule has 0 N–H and O–H groups in total. The molecule has 3 nitrogen and oxygen atoms in total. The summed E-state index contributed by atoms with van der Waals surface area (Å²) >= 11 is 1.71. The van der Waals surface area contributed by atoms with Gasteiger partial charge in [0.05, 0.1) is 0 Å². The van der Waals surface area contributed by atoms with Gasteiger partial charge in [0.2, 0.25) is 0 Å². The van der Waals surface area contributed by atoms with Crippen LogP contribution >= 0.6 is 11.8 Å². The number of aromatic nitrogens is 3. The summed E-state index contributed by atoms with van der Waals surface area (Å²) in [5, 5.41) is 9.93. The molecule has 4 rings (SSSR count). The smallest absolute Gasteiger partial charge is 0.196 e. The molecular weight excluding hydrogens is 374 g/mol. The van der Waals surface area contributed by atoms with Crippen molar-refractivity contribution in [3.05, 3.63) is 96.1 Å². The van der Waals surface area contributed by atoms with E-state index in [2.05, 4.69) is 84.1 Å². The average Bonchev–Trinajstić information content (AvgIpc) is 3.17. The molecule has 0 fully saturated rings. The Balaban J connectivity index is 1.63. The predicted octanol–water partition coefficient (Wildman–Crippen LogP) is 6.52. The predicted molar refractivity (Wildman–Crippen MR) is 121 cm³/mol. The Labute approximate surface area is 176 Å². The zero-order valence-corrected chi connectivity index (χ0v) is 17.9. The van der Waals surface area contributed by atoms with E-state index in [4.69, 9.17) is 0 Å². The minimum atomic E-state index is 0.170. The van der Waals surface area contributed by atoms with Gasteiger partial charge in [-0.05, 0) is 28.7 Å². The first-order chi connectivity index (χ1) is 14.0. The molecule has 0 radical (unpaired) electrons. The summed E-state index contributed by atoms with van der Waals surface area (Å²) in [4.78, 5) is 0. The molecule has 4 heteroatoms. The number of thioether (sulfide) groups is 1. The van der Waals surface area contributed by atoms with E-state index in [0.717, 1.165) is 28.0 Å². The van der Waals surface area contributed by atoms with Gasteiger partial charge in [-0.3, -0.25) is 4.57 Å². The topological polar surface area (TPSA) is 30.7 Å². The first-order valence-electron chi connectivity index (χ1n) is 9.81. The normalized spacial score (nSPS) is 11.6. The second-order valence-corrected chi connectivity index (χ2v) is 9.02. The van der Waals surface area contributed by atoms with Crippen molar-refractivity contribution < 1.29 is 0 Å². The molecule has 146 valence electrons. The standard InChI is InChI=1S/C25H25N3S/c1-25(2,3)21-16-14-19(15-17-21)18-29-24-27-26-23(20-10-6-4-7-11-20)28(24)22-12-8-5-9-13-22/h4-17H,18H2,1-3H3. The van der Waals surface area contributed by atoms with E-state index in [1.54, 1.807) is 11.8 Å². The van der Waals surface area contributed by atoms with Gasteiger partial charge in [-0.2, -0.15) is 0 Å². The summed E-state index contributed by atoms with van der Waals surface area (Å²) in [5.74, 6) is 1.71. The largest absolute Gasteiger partial charge is 0.270 e. The Morgan fingerprint density at radius 2 is 1.38 bits per heavy atom.